The van der Waals surface area contributed by atoms with E-state index in [-0.39, 0.29) is 17.9 Å². The third kappa shape index (κ3) is 3.43. The molecule has 0 aromatic rings. The number of piperidine rings is 1. The number of nitrogens with one attached hydrogen (secondary N) is 2. The number of nitrogens with zero attached hydrogens (tertiary/aromatic N) is 1. The lowest BCUT2D eigenvalue weighted by atomic mass is 10.0. The van der Waals surface area contributed by atoms with Crippen LogP contribution < -0.4 is 10.6 Å². The van der Waals surface area contributed by atoms with Gasteiger partial charge in [0.1, 0.15) is 0 Å². The zero-order valence-corrected chi connectivity index (χ0v) is 10.4. The van der Waals surface area contributed by atoms with Crippen LogP contribution in [0.5, 0.6) is 0 Å². The molecule has 17 heavy (non-hydrogen) atoms. The van der Waals surface area contributed by atoms with E-state index in [4.69, 9.17) is 0 Å². The molecule has 2 fully saturated rings. The molecule has 2 amide bonds. The molecular formula is C12H21N3O2. The van der Waals surface area contributed by atoms with Crippen LogP contribution >= 0.6 is 0 Å². The second-order valence-electron chi connectivity index (χ2n) is 5.07. The Morgan fingerprint density at radius 3 is 2.88 bits per heavy atom. The quantitative estimate of drug-likeness (QED) is 0.705. The van der Waals surface area contributed by atoms with Gasteiger partial charge < -0.3 is 15.5 Å². The van der Waals surface area contributed by atoms with Gasteiger partial charge in [-0.25, -0.2) is 0 Å². The number of hydrogen-bond donors (Lipinski definition) is 2. The largest absolute Gasteiger partial charge is 0.356 e. The van der Waals surface area contributed by atoms with E-state index in [1.165, 1.54) is 0 Å². The Morgan fingerprint density at radius 1 is 1.29 bits per heavy atom. The lowest BCUT2D eigenvalue weighted by molar-refractivity contribution is -0.132. The molecule has 0 radical (unpaired) electrons. The van der Waals surface area contributed by atoms with Crippen LogP contribution in [0.3, 0.4) is 0 Å². The fourth-order valence-electron chi connectivity index (χ4n) is 2.60. The Bertz CT molecular complexity index is 306. The minimum absolute atomic E-state index is 0.139. The molecule has 0 aromatic heterocycles. The molecule has 2 atom stereocenters. The van der Waals surface area contributed by atoms with Gasteiger partial charge in [0, 0.05) is 45.1 Å². The first-order chi connectivity index (χ1) is 8.15. The standard InChI is InChI=1S/C12H21N3O2/c1-15-8-10(4-5-12(15)17)14-9-3-2-6-13-11(16)7-9/h9-10,14H,2-8H2,1H3,(H,13,16). The van der Waals surface area contributed by atoms with Crippen molar-refractivity contribution in [2.45, 2.75) is 44.2 Å². The third-order valence-electron chi connectivity index (χ3n) is 3.58. The number of likely N-dealkylation sites (N-methyl/N-ethyl adjacent to an activating group) is 1. The first-order valence-corrected chi connectivity index (χ1v) is 6.42. The van der Waals surface area contributed by atoms with Crippen molar-refractivity contribution < 1.29 is 9.59 Å². The molecule has 2 saturated heterocycles. The van der Waals surface area contributed by atoms with Crippen molar-refractivity contribution in [2.75, 3.05) is 20.1 Å². The summed E-state index contributed by atoms with van der Waals surface area (Å²) in [5.74, 6) is 0.363. The monoisotopic (exact) mass is 239 g/mol. The van der Waals surface area contributed by atoms with Crippen molar-refractivity contribution in [3.63, 3.8) is 0 Å². The van der Waals surface area contributed by atoms with Crippen LogP contribution in [0.2, 0.25) is 0 Å². The van der Waals surface area contributed by atoms with Gasteiger partial charge in [0.15, 0.2) is 0 Å². The molecule has 2 aliphatic rings. The summed E-state index contributed by atoms with van der Waals surface area (Å²) >= 11 is 0. The molecule has 96 valence electrons. The summed E-state index contributed by atoms with van der Waals surface area (Å²) in [4.78, 5) is 24.6. The number of carbonyl (C=O) groups excluding carboxylic acids is 2. The third-order valence-corrected chi connectivity index (χ3v) is 3.58. The number of rotatable bonds is 2. The van der Waals surface area contributed by atoms with Crippen LogP contribution in [0, 0.1) is 0 Å². The molecule has 0 bridgehead atoms. The Labute approximate surface area is 102 Å². The van der Waals surface area contributed by atoms with E-state index in [9.17, 15) is 9.59 Å². The van der Waals surface area contributed by atoms with Crippen LogP contribution in [-0.4, -0.2) is 48.9 Å². The van der Waals surface area contributed by atoms with E-state index in [0.717, 1.165) is 32.4 Å². The highest BCUT2D eigenvalue weighted by Gasteiger charge is 2.26. The molecule has 5 heteroatoms. The highest BCUT2D eigenvalue weighted by molar-refractivity contribution is 5.77. The maximum absolute atomic E-state index is 11.4. The lowest BCUT2D eigenvalue weighted by Gasteiger charge is -2.32. The van der Waals surface area contributed by atoms with Gasteiger partial charge in [0.2, 0.25) is 11.8 Å². The van der Waals surface area contributed by atoms with Crippen molar-refractivity contribution in [1.82, 2.24) is 15.5 Å². The minimum Gasteiger partial charge on any atom is -0.356 e. The molecule has 2 rings (SSSR count). The van der Waals surface area contributed by atoms with Crippen LogP contribution in [0.15, 0.2) is 0 Å². The summed E-state index contributed by atoms with van der Waals surface area (Å²) in [5, 5.41) is 6.41. The van der Waals surface area contributed by atoms with Gasteiger partial charge >= 0.3 is 0 Å². The van der Waals surface area contributed by atoms with Crippen molar-refractivity contribution >= 4 is 11.8 Å². The molecule has 2 heterocycles. The number of amides is 2. The maximum atomic E-state index is 11.4. The first-order valence-electron chi connectivity index (χ1n) is 6.42. The molecule has 0 spiro atoms. The average Bonchev–Trinajstić information content (AvgIpc) is 2.48. The van der Waals surface area contributed by atoms with Gasteiger partial charge in [0.05, 0.1) is 0 Å². The fraction of sp³-hybridized carbons (Fsp3) is 0.833. The van der Waals surface area contributed by atoms with E-state index in [1.54, 1.807) is 4.90 Å². The Balaban J connectivity index is 1.83. The average molecular weight is 239 g/mol. The number of carbonyl (C=O) groups is 2. The summed E-state index contributed by atoms with van der Waals surface area (Å²) in [6, 6.07) is 0.609. The van der Waals surface area contributed by atoms with Gasteiger partial charge in [0.25, 0.3) is 0 Å². The lowest BCUT2D eigenvalue weighted by Crippen LogP contribution is -2.50. The summed E-state index contributed by atoms with van der Waals surface area (Å²) in [5.41, 5.74) is 0. The molecule has 0 aromatic carbocycles. The SMILES string of the molecule is CN1CC(NC2CCCNC(=O)C2)CCC1=O. The molecule has 2 unspecified atom stereocenters. The Kier molecular flexibility index (Phi) is 3.99. The topological polar surface area (TPSA) is 61.4 Å². The smallest absolute Gasteiger partial charge is 0.222 e. The maximum Gasteiger partial charge on any atom is 0.222 e. The molecular weight excluding hydrogens is 218 g/mol. The van der Waals surface area contributed by atoms with Crippen LogP contribution in [0.1, 0.15) is 32.1 Å². The van der Waals surface area contributed by atoms with Crippen molar-refractivity contribution in [2.24, 2.45) is 0 Å². The normalized spacial score (nSPS) is 31.0. The summed E-state index contributed by atoms with van der Waals surface area (Å²) in [6.07, 6.45) is 4.14. The van der Waals surface area contributed by atoms with Gasteiger partial charge in [-0.3, -0.25) is 9.59 Å². The zero-order chi connectivity index (χ0) is 12.3. The predicted molar refractivity (Wildman–Crippen MR) is 64.4 cm³/mol. The summed E-state index contributed by atoms with van der Waals surface area (Å²) in [6.45, 7) is 1.55. The van der Waals surface area contributed by atoms with Crippen molar-refractivity contribution in [1.29, 1.82) is 0 Å². The van der Waals surface area contributed by atoms with Crippen LogP contribution in [0.25, 0.3) is 0 Å². The summed E-state index contributed by atoms with van der Waals surface area (Å²) in [7, 11) is 1.84. The molecule has 5 nitrogen and oxygen atoms in total. The predicted octanol–water partition coefficient (Wildman–Crippen LogP) is -0.135. The fourth-order valence-corrected chi connectivity index (χ4v) is 2.60. The molecule has 2 N–H and O–H groups in total. The van der Waals surface area contributed by atoms with E-state index < -0.39 is 0 Å². The van der Waals surface area contributed by atoms with Gasteiger partial charge in [-0.1, -0.05) is 0 Å². The molecule has 2 aliphatic heterocycles. The van der Waals surface area contributed by atoms with E-state index in [0.29, 0.717) is 18.9 Å². The number of hydrogen-bond acceptors (Lipinski definition) is 3. The Hall–Kier alpha value is -1.10. The van der Waals surface area contributed by atoms with E-state index >= 15 is 0 Å². The van der Waals surface area contributed by atoms with E-state index in [2.05, 4.69) is 10.6 Å². The van der Waals surface area contributed by atoms with Gasteiger partial charge in [-0.15, -0.1) is 0 Å². The highest BCUT2D eigenvalue weighted by atomic mass is 16.2. The molecule has 0 aliphatic carbocycles. The minimum atomic E-state index is 0.139. The van der Waals surface area contributed by atoms with Crippen LogP contribution in [-0.2, 0) is 9.59 Å². The van der Waals surface area contributed by atoms with Crippen molar-refractivity contribution in [3.8, 4) is 0 Å². The van der Waals surface area contributed by atoms with Gasteiger partial charge in [-0.05, 0) is 19.3 Å². The van der Waals surface area contributed by atoms with Gasteiger partial charge in [-0.2, -0.15) is 0 Å². The second-order valence-corrected chi connectivity index (χ2v) is 5.07. The van der Waals surface area contributed by atoms with Crippen LogP contribution in [0.4, 0.5) is 0 Å². The van der Waals surface area contributed by atoms with Crippen molar-refractivity contribution in [3.05, 3.63) is 0 Å². The second kappa shape index (κ2) is 5.49. The first kappa shape index (κ1) is 12.4. The Morgan fingerprint density at radius 2 is 2.12 bits per heavy atom. The number of likely N-dealkylation sites (tertiary alicyclic amines) is 1. The molecule has 0 saturated carbocycles. The highest BCUT2D eigenvalue weighted by Crippen LogP contribution is 2.13. The van der Waals surface area contributed by atoms with E-state index in [1.807, 2.05) is 7.05 Å². The zero-order valence-electron chi connectivity index (χ0n) is 10.4. The summed E-state index contributed by atoms with van der Waals surface area (Å²) < 4.78 is 0.